The molecule has 3 nitrogen and oxygen atoms in total. The van der Waals surface area contributed by atoms with Gasteiger partial charge in [0.2, 0.25) is 0 Å². The van der Waals surface area contributed by atoms with E-state index in [1.54, 1.807) is 11.3 Å². The minimum atomic E-state index is 0.247. The van der Waals surface area contributed by atoms with Gasteiger partial charge in [0, 0.05) is 24.4 Å². The lowest BCUT2D eigenvalue weighted by atomic mass is 10.0. The molecule has 0 unspecified atom stereocenters. The van der Waals surface area contributed by atoms with E-state index in [0.717, 1.165) is 42.7 Å². The maximum Gasteiger partial charge on any atom is 0.186 e. The van der Waals surface area contributed by atoms with Gasteiger partial charge < -0.3 is 4.90 Å². The molecule has 0 aromatic carbocycles. The Morgan fingerprint density at radius 2 is 2.24 bits per heavy atom. The molecule has 0 saturated heterocycles. The van der Waals surface area contributed by atoms with Crippen molar-refractivity contribution in [3.05, 3.63) is 10.6 Å². The van der Waals surface area contributed by atoms with Crippen LogP contribution in [0.1, 0.15) is 48.0 Å². The first-order valence-electron chi connectivity index (χ1n) is 6.55. The summed E-state index contributed by atoms with van der Waals surface area (Å²) < 4.78 is 0. The number of Topliss-reactive ketones (excluding diaryl/α,β-unsaturated/α-hetero) is 1. The van der Waals surface area contributed by atoms with Crippen molar-refractivity contribution >= 4 is 22.3 Å². The van der Waals surface area contributed by atoms with E-state index in [2.05, 4.69) is 16.8 Å². The second kappa shape index (κ2) is 4.41. The zero-order valence-electron chi connectivity index (χ0n) is 10.2. The zero-order valence-corrected chi connectivity index (χ0v) is 11.1. The number of fused-ring (bicyclic) bond motifs is 1. The highest BCUT2D eigenvalue weighted by Gasteiger charge is 2.27. The Hall–Kier alpha value is -0.900. The van der Waals surface area contributed by atoms with E-state index in [-0.39, 0.29) is 5.78 Å². The van der Waals surface area contributed by atoms with Crippen molar-refractivity contribution < 1.29 is 4.79 Å². The van der Waals surface area contributed by atoms with Crippen molar-refractivity contribution in [3.8, 4) is 0 Å². The van der Waals surface area contributed by atoms with Gasteiger partial charge in [-0.3, -0.25) is 4.79 Å². The molecule has 0 N–H and O–H groups in total. The lowest BCUT2D eigenvalue weighted by Crippen LogP contribution is -2.25. The van der Waals surface area contributed by atoms with Gasteiger partial charge in [-0.05, 0) is 38.5 Å². The molecular weight excluding hydrogens is 232 g/mol. The van der Waals surface area contributed by atoms with Gasteiger partial charge in [0.1, 0.15) is 5.69 Å². The molecule has 1 fully saturated rings. The largest absolute Gasteiger partial charge is 0.348 e. The number of aryl methyl sites for hydroxylation is 1. The van der Waals surface area contributed by atoms with Crippen LogP contribution in [0.3, 0.4) is 0 Å². The highest BCUT2D eigenvalue weighted by atomic mass is 32.1. The van der Waals surface area contributed by atoms with Crippen molar-refractivity contribution in [2.75, 3.05) is 18.0 Å². The number of anilines is 1. The van der Waals surface area contributed by atoms with Crippen LogP contribution in [-0.4, -0.2) is 23.9 Å². The van der Waals surface area contributed by atoms with Crippen LogP contribution in [0.15, 0.2) is 0 Å². The van der Waals surface area contributed by atoms with Crippen molar-refractivity contribution in [3.63, 3.8) is 0 Å². The lowest BCUT2D eigenvalue weighted by Gasteiger charge is -2.19. The number of hydrogen-bond donors (Lipinski definition) is 0. The second-order valence-corrected chi connectivity index (χ2v) is 6.09. The molecule has 3 rings (SSSR count). The first-order valence-corrected chi connectivity index (χ1v) is 7.37. The van der Waals surface area contributed by atoms with E-state index in [0.29, 0.717) is 6.42 Å². The summed E-state index contributed by atoms with van der Waals surface area (Å²) in [6.07, 6.45) is 5.45. The van der Waals surface area contributed by atoms with Crippen LogP contribution in [0.4, 0.5) is 5.13 Å². The molecule has 2 aliphatic carbocycles. The van der Waals surface area contributed by atoms with Gasteiger partial charge >= 0.3 is 0 Å². The number of ketones is 1. The minimum absolute atomic E-state index is 0.247. The van der Waals surface area contributed by atoms with Crippen LogP contribution in [0.5, 0.6) is 0 Å². The van der Waals surface area contributed by atoms with Crippen LogP contribution < -0.4 is 4.90 Å². The molecule has 0 amide bonds. The third-order valence-electron chi connectivity index (χ3n) is 3.59. The second-order valence-electron chi connectivity index (χ2n) is 5.03. The molecule has 1 saturated carbocycles. The molecule has 0 bridgehead atoms. The topological polar surface area (TPSA) is 33.2 Å². The highest BCUT2D eigenvalue weighted by Crippen LogP contribution is 2.35. The third-order valence-corrected chi connectivity index (χ3v) is 4.76. The smallest absolute Gasteiger partial charge is 0.186 e. The average molecular weight is 250 g/mol. The molecule has 0 aliphatic heterocycles. The van der Waals surface area contributed by atoms with Crippen molar-refractivity contribution in [1.82, 2.24) is 4.98 Å². The number of hydrogen-bond acceptors (Lipinski definition) is 4. The number of nitrogens with zero attached hydrogens (tertiary/aromatic N) is 2. The fourth-order valence-electron chi connectivity index (χ4n) is 2.34. The number of rotatable bonds is 4. The molecule has 0 atom stereocenters. The zero-order chi connectivity index (χ0) is 11.8. The van der Waals surface area contributed by atoms with Crippen LogP contribution in [0.25, 0.3) is 0 Å². The third kappa shape index (κ3) is 2.23. The Morgan fingerprint density at radius 3 is 2.88 bits per heavy atom. The minimum Gasteiger partial charge on any atom is -0.348 e. The number of thiazole rings is 1. The summed E-state index contributed by atoms with van der Waals surface area (Å²) in [5.74, 6) is 1.11. The number of carbonyl (C=O) groups excluding carboxylic acids is 1. The average Bonchev–Trinajstić information content (AvgIpc) is 3.04. The van der Waals surface area contributed by atoms with E-state index in [1.807, 2.05) is 0 Å². The summed E-state index contributed by atoms with van der Waals surface area (Å²) in [7, 11) is 0. The lowest BCUT2D eigenvalue weighted by molar-refractivity contribution is 0.0968. The molecule has 92 valence electrons. The van der Waals surface area contributed by atoms with Crippen molar-refractivity contribution in [2.45, 2.75) is 39.0 Å². The van der Waals surface area contributed by atoms with Gasteiger partial charge in [-0.25, -0.2) is 4.98 Å². The summed E-state index contributed by atoms with van der Waals surface area (Å²) in [5, 5.41) is 1.07. The van der Waals surface area contributed by atoms with Crippen molar-refractivity contribution in [1.29, 1.82) is 0 Å². The maximum absolute atomic E-state index is 11.8. The molecule has 17 heavy (non-hydrogen) atoms. The molecular formula is C13H18N2OS. The predicted molar refractivity (Wildman–Crippen MR) is 70.0 cm³/mol. The van der Waals surface area contributed by atoms with Crippen LogP contribution in [0.2, 0.25) is 0 Å². The van der Waals surface area contributed by atoms with E-state index >= 15 is 0 Å². The molecule has 0 radical (unpaired) electrons. The first kappa shape index (κ1) is 11.2. The summed E-state index contributed by atoms with van der Waals surface area (Å²) in [6, 6.07) is 0. The molecule has 1 aromatic rings. The Kier molecular flexibility index (Phi) is 2.90. The van der Waals surface area contributed by atoms with Gasteiger partial charge in [0.15, 0.2) is 10.9 Å². The summed E-state index contributed by atoms with van der Waals surface area (Å²) in [5.41, 5.74) is 0.769. The molecule has 0 spiro atoms. The first-order chi connectivity index (χ1) is 8.28. The van der Waals surface area contributed by atoms with Crippen LogP contribution in [-0.2, 0) is 6.42 Å². The van der Waals surface area contributed by atoms with Gasteiger partial charge in [-0.1, -0.05) is 0 Å². The van der Waals surface area contributed by atoms with E-state index in [1.165, 1.54) is 17.7 Å². The number of aromatic nitrogens is 1. The fraction of sp³-hybridized carbons (Fsp3) is 0.692. The van der Waals surface area contributed by atoms with Crippen LogP contribution in [0, 0.1) is 5.92 Å². The normalized spacial score (nSPS) is 19.2. The maximum atomic E-state index is 11.8. The standard InChI is InChI=1S/C13H18N2OS/c1-2-15(8-9-6-7-9)13-14-12-10(16)4-3-5-11(12)17-13/h9H,2-8H2,1H3. The summed E-state index contributed by atoms with van der Waals surface area (Å²) >= 11 is 1.74. The Labute approximate surface area is 106 Å². The van der Waals surface area contributed by atoms with E-state index in [4.69, 9.17) is 0 Å². The van der Waals surface area contributed by atoms with Gasteiger partial charge in [-0.2, -0.15) is 0 Å². The van der Waals surface area contributed by atoms with E-state index in [9.17, 15) is 4.79 Å². The molecule has 1 aromatic heterocycles. The predicted octanol–water partition coefficient (Wildman–Crippen LogP) is 2.90. The summed E-state index contributed by atoms with van der Waals surface area (Å²) in [6.45, 7) is 4.29. The van der Waals surface area contributed by atoms with E-state index < -0.39 is 0 Å². The molecule has 4 heteroatoms. The Bertz CT molecular complexity index is 437. The molecule has 2 aliphatic rings. The molecule has 1 heterocycles. The SMILES string of the molecule is CCN(CC1CC1)c1nc2c(s1)CCCC2=O. The van der Waals surface area contributed by atoms with Gasteiger partial charge in [-0.15, -0.1) is 11.3 Å². The summed E-state index contributed by atoms with van der Waals surface area (Å²) in [4.78, 5) is 19.9. The Morgan fingerprint density at radius 1 is 1.41 bits per heavy atom. The van der Waals surface area contributed by atoms with Gasteiger partial charge in [0.25, 0.3) is 0 Å². The van der Waals surface area contributed by atoms with Crippen molar-refractivity contribution in [2.24, 2.45) is 5.92 Å². The fourth-order valence-corrected chi connectivity index (χ4v) is 3.54. The van der Waals surface area contributed by atoms with Gasteiger partial charge in [0.05, 0.1) is 0 Å². The quantitative estimate of drug-likeness (QED) is 0.824. The Balaban J connectivity index is 1.83. The monoisotopic (exact) mass is 250 g/mol. The van der Waals surface area contributed by atoms with Crippen LogP contribution >= 0.6 is 11.3 Å². The highest BCUT2D eigenvalue weighted by molar-refractivity contribution is 7.16. The number of carbonyl (C=O) groups is 1.